The molecule has 1 N–H and O–H groups in total. The number of rotatable bonds is 7. The summed E-state index contributed by atoms with van der Waals surface area (Å²) in [5.41, 5.74) is 3.67. The molecule has 0 aliphatic carbocycles. The van der Waals surface area contributed by atoms with Crippen LogP contribution in [0.3, 0.4) is 0 Å². The van der Waals surface area contributed by atoms with Crippen LogP contribution in [0.2, 0.25) is 0 Å². The molecule has 1 amide bonds. The summed E-state index contributed by atoms with van der Waals surface area (Å²) < 4.78 is 11.1. The van der Waals surface area contributed by atoms with Gasteiger partial charge in [-0.1, -0.05) is 26.0 Å². The van der Waals surface area contributed by atoms with Gasteiger partial charge in [-0.25, -0.2) is 0 Å². The van der Waals surface area contributed by atoms with Crippen molar-refractivity contribution in [3.8, 4) is 11.5 Å². The molecule has 0 unspecified atom stereocenters. The highest BCUT2D eigenvalue weighted by Crippen LogP contribution is 2.29. The Morgan fingerprint density at radius 3 is 2.27 bits per heavy atom. The Morgan fingerprint density at radius 2 is 1.73 bits per heavy atom. The standard InChI is InChI=1S/C22H29NO3/c1-14(2)19-12-20(16(5)11-21(19)25-6)22(24)23-13-17-7-9-18(10-8-17)26-15(3)4/h7-12,14-15H,13H2,1-6H3,(H,23,24). The van der Waals surface area contributed by atoms with Crippen molar-refractivity contribution in [1.29, 1.82) is 0 Å². The first-order valence-corrected chi connectivity index (χ1v) is 9.04. The average Bonchev–Trinajstić information content (AvgIpc) is 2.59. The smallest absolute Gasteiger partial charge is 0.251 e. The lowest BCUT2D eigenvalue weighted by molar-refractivity contribution is 0.0950. The zero-order valence-corrected chi connectivity index (χ0v) is 16.6. The van der Waals surface area contributed by atoms with Crippen LogP contribution in [0.1, 0.15) is 60.7 Å². The molecule has 0 fully saturated rings. The molecule has 0 aliphatic rings. The van der Waals surface area contributed by atoms with E-state index in [1.807, 2.05) is 57.2 Å². The third-order valence-electron chi connectivity index (χ3n) is 4.19. The second-order valence-electron chi connectivity index (χ2n) is 7.06. The number of hydrogen-bond acceptors (Lipinski definition) is 3. The molecule has 0 aliphatic heterocycles. The fourth-order valence-corrected chi connectivity index (χ4v) is 2.81. The number of nitrogens with one attached hydrogen (secondary N) is 1. The monoisotopic (exact) mass is 355 g/mol. The van der Waals surface area contributed by atoms with E-state index in [9.17, 15) is 4.79 Å². The SMILES string of the molecule is COc1cc(C)c(C(=O)NCc2ccc(OC(C)C)cc2)cc1C(C)C. The van der Waals surface area contributed by atoms with Crippen molar-refractivity contribution < 1.29 is 14.3 Å². The first-order chi connectivity index (χ1) is 12.3. The summed E-state index contributed by atoms with van der Waals surface area (Å²) in [4.78, 5) is 12.6. The minimum atomic E-state index is -0.0745. The van der Waals surface area contributed by atoms with Crippen molar-refractivity contribution in [2.75, 3.05) is 7.11 Å². The van der Waals surface area contributed by atoms with Crippen molar-refractivity contribution in [3.63, 3.8) is 0 Å². The molecule has 0 atom stereocenters. The van der Waals surface area contributed by atoms with E-state index in [1.165, 1.54) is 0 Å². The first kappa shape index (κ1) is 19.8. The predicted molar refractivity (Wildman–Crippen MR) is 105 cm³/mol. The molecular formula is C22H29NO3. The Bertz CT molecular complexity index is 749. The van der Waals surface area contributed by atoms with Crippen molar-refractivity contribution in [2.45, 2.75) is 53.2 Å². The van der Waals surface area contributed by atoms with Gasteiger partial charge in [-0.3, -0.25) is 4.79 Å². The highest BCUT2D eigenvalue weighted by atomic mass is 16.5. The molecule has 2 aromatic rings. The van der Waals surface area contributed by atoms with Gasteiger partial charge in [0.15, 0.2) is 0 Å². The van der Waals surface area contributed by atoms with Crippen LogP contribution in [-0.2, 0) is 6.54 Å². The van der Waals surface area contributed by atoms with Gasteiger partial charge >= 0.3 is 0 Å². The number of hydrogen-bond donors (Lipinski definition) is 1. The van der Waals surface area contributed by atoms with Crippen LogP contribution < -0.4 is 14.8 Å². The van der Waals surface area contributed by atoms with E-state index in [4.69, 9.17) is 9.47 Å². The fourth-order valence-electron chi connectivity index (χ4n) is 2.81. The number of carbonyl (C=O) groups is 1. The normalized spacial score (nSPS) is 10.9. The van der Waals surface area contributed by atoms with Gasteiger partial charge in [-0.2, -0.15) is 0 Å². The van der Waals surface area contributed by atoms with Crippen molar-refractivity contribution >= 4 is 5.91 Å². The molecule has 2 rings (SSSR count). The number of carbonyl (C=O) groups excluding carboxylic acids is 1. The van der Waals surface area contributed by atoms with Crippen LogP contribution in [0, 0.1) is 6.92 Å². The Balaban J connectivity index is 2.09. The Kier molecular flexibility index (Phi) is 6.67. The van der Waals surface area contributed by atoms with Crippen molar-refractivity contribution in [1.82, 2.24) is 5.32 Å². The zero-order chi connectivity index (χ0) is 19.3. The number of amides is 1. The van der Waals surface area contributed by atoms with Gasteiger partial charge in [-0.05, 0) is 67.6 Å². The molecule has 0 aromatic heterocycles. The van der Waals surface area contributed by atoms with Crippen LogP contribution in [-0.4, -0.2) is 19.1 Å². The number of ether oxygens (including phenoxy) is 2. The van der Waals surface area contributed by atoms with Gasteiger partial charge < -0.3 is 14.8 Å². The Labute approximate surface area is 156 Å². The fraction of sp³-hybridized carbons (Fsp3) is 0.409. The van der Waals surface area contributed by atoms with Crippen LogP contribution in [0.25, 0.3) is 0 Å². The summed E-state index contributed by atoms with van der Waals surface area (Å²) in [6.07, 6.45) is 0.147. The van der Waals surface area contributed by atoms with E-state index in [0.29, 0.717) is 12.1 Å². The first-order valence-electron chi connectivity index (χ1n) is 9.04. The maximum atomic E-state index is 12.6. The van der Waals surface area contributed by atoms with E-state index in [1.54, 1.807) is 7.11 Å². The van der Waals surface area contributed by atoms with E-state index in [2.05, 4.69) is 19.2 Å². The molecule has 0 bridgehead atoms. The van der Waals surface area contributed by atoms with E-state index in [-0.39, 0.29) is 17.9 Å². The van der Waals surface area contributed by atoms with Gasteiger partial charge in [0.1, 0.15) is 11.5 Å². The van der Waals surface area contributed by atoms with Crippen molar-refractivity contribution in [2.24, 2.45) is 0 Å². The lowest BCUT2D eigenvalue weighted by Crippen LogP contribution is -2.24. The third-order valence-corrected chi connectivity index (χ3v) is 4.19. The zero-order valence-electron chi connectivity index (χ0n) is 16.6. The van der Waals surface area contributed by atoms with Crippen LogP contribution >= 0.6 is 0 Å². The topological polar surface area (TPSA) is 47.6 Å². The molecule has 2 aromatic carbocycles. The molecule has 0 heterocycles. The van der Waals surface area contributed by atoms with Crippen LogP contribution in [0.4, 0.5) is 0 Å². The minimum absolute atomic E-state index is 0.0745. The minimum Gasteiger partial charge on any atom is -0.496 e. The highest BCUT2D eigenvalue weighted by molar-refractivity contribution is 5.96. The quantitative estimate of drug-likeness (QED) is 0.773. The molecule has 0 saturated carbocycles. The van der Waals surface area contributed by atoms with E-state index < -0.39 is 0 Å². The Hall–Kier alpha value is -2.49. The van der Waals surface area contributed by atoms with Gasteiger partial charge in [0.05, 0.1) is 13.2 Å². The van der Waals surface area contributed by atoms with Crippen molar-refractivity contribution in [3.05, 3.63) is 58.7 Å². The second-order valence-corrected chi connectivity index (χ2v) is 7.06. The molecular weight excluding hydrogens is 326 g/mol. The number of aryl methyl sites for hydroxylation is 1. The summed E-state index contributed by atoms with van der Waals surface area (Å²) in [7, 11) is 1.66. The van der Waals surface area contributed by atoms with Gasteiger partial charge in [0.2, 0.25) is 0 Å². The summed E-state index contributed by atoms with van der Waals surface area (Å²) >= 11 is 0. The molecule has 0 saturated heterocycles. The predicted octanol–water partition coefficient (Wildman–Crippen LogP) is 4.84. The van der Waals surface area contributed by atoms with Gasteiger partial charge in [0, 0.05) is 12.1 Å². The van der Waals surface area contributed by atoms with Crippen LogP contribution in [0.5, 0.6) is 11.5 Å². The largest absolute Gasteiger partial charge is 0.496 e. The molecule has 4 heteroatoms. The molecule has 4 nitrogen and oxygen atoms in total. The Morgan fingerprint density at radius 1 is 1.08 bits per heavy atom. The second kappa shape index (κ2) is 8.75. The summed E-state index contributed by atoms with van der Waals surface area (Å²) in [5, 5.41) is 3.00. The maximum absolute atomic E-state index is 12.6. The summed E-state index contributed by atoms with van der Waals surface area (Å²) in [5.74, 6) is 1.87. The summed E-state index contributed by atoms with van der Waals surface area (Å²) in [6.45, 7) is 10.6. The third kappa shape index (κ3) is 5.01. The van der Waals surface area contributed by atoms with Gasteiger partial charge in [-0.15, -0.1) is 0 Å². The van der Waals surface area contributed by atoms with E-state index >= 15 is 0 Å². The molecule has 0 radical (unpaired) electrons. The number of methoxy groups -OCH3 is 1. The number of benzene rings is 2. The molecule has 26 heavy (non-hydrogen) atoms. The summed E-state index contributed by atoms with van der Waals surface area (Å²) in [6, 6.07) is 11.7. The lowest BCUT2D eigenvalue weighted by atomic mass is 9.96. The molecule has 0 spiro atoms. The molecule has 140 valence electrons. The van der Waals surface area contributed by atoms with E-state index in [0.717, 1.165) is 28.2 Å². The maximum Gasteiger partial charge on any atom is 0.251 e. The van der Waals surface area contributed by atoms with Crippen LogP contribution in [0.15, 0.2) is 36.4 Å². The van der Waals surface area contributed by atoms with Gasteiger partial charge in [0.25, 0.3) is 5.91 Å². The highest BCUT2D eigenvalue weighted by Gasteiger charge is 2.15. The average molecular weight is 355 g/mol. The lowest BCUT2D eigenvalue weighted by Gasteiger charge is -2.16.